The minimum atomic E-state index is -0.0710. The van der Waals surface area contributed by atoms with Crippen LogP contribution in [0.3, 0.4) is 0 Å². The summed E-state index contributed by atoms with van der Waals surface area (Å²) in [7, 11) is 5.40. The molecule has 0 saturated heterocycles. The van der Waals surface area contributed by atoms with Gasteiger partial charge in [-0.05, 0) is 41.8 Å². The summed E-state index contributed by atoms with van der Waals surface area (Å²) in [5.74, 6) is 0.751. The van der Waals surface area contributed by atoms with Crippen LogP contribution in [0.25, 0.3) is 0 Å². The van der Waals surface area contributed by atoms with E-state index in [1.165, 1.54) is 0 Å². The van der Waals surface area contributed by atoms with E-state index in [0.717, 1.165) is 41.6 Å². The third kappa shape index (κ3) is 5.77. The first kappa shape index (κ1) is 19.8. The zero-order valence-electron chi connectivity index (χ0n) is 15.4. The number of guanidine groups is 1. The molecule has 2 aromatic rings. The molecule has 6 heteroatoms. The second-order valence-electron chi connectivity index (χ2n) is 5.99. The molecule has 0 atom stereocenters. The van der Waals surface area contributed by atoms with Crippen molar-refractivity contribution < 1.29 is 4.79 Å². The highest BCUT2D eigenvalue weighted by molar-refractivity contribution is 6.30. The number of rotatable bonds is 6. The van der Waals surface area contributed by atoms with Crippen molar-refractivity contribution in [1.29, 1.82) is 0 Å². The van der Waals surface area contributed by atoms with E-state index in [4.69, 9.17) is 11.6 Å². The summed E-state index contributed by atoms with van der Waals surface area (Å²) in [6, 6.07) is 15.5. The van der Waals surface area contributed by atoms with E-state index < -0.39 is 0 Å². The molecule has 0 aliphatic rings. The fraction of sp³-hybridized carbons (Fsp3) is 0.300. The maximum absolute atomic E-state index is 11.7. The lowest BCUT2D eigenvalue weighted by atomic mass is 10.1. The third-order valence-corrected chi connectivity index (χ3v) is 4.27. The van der Waals surface area contributed by atoms with Gasteiger partial charge in [-0.3, -0.25) is 9.79 Å². The van der Waals surface area contributed by atoms with Crippen LogP contribution in [0.15, 0.2) is 53.5 Å². The molecule has 138 valence electrons. The molecule has 5 nitrogen and oxygen atoms in total. The van der Waals surface area contributed by atoms with Gasteiger partial charge < -0.3 is 15.5 Å². The normalized spacial score (nSPS) is 11.2. The Bertz CT molecular complexity index is 759. The highest BCUT2D eigenvalue weighted by Gasteiger charge is 2.07. The molecule has 0 fully saturated rings. The highest BCUT2D eigenvalue weighted by atomic mass is 35.5. The van der Waals surface area contributed by atoms with E-state index in [0.29, 0.717) is 5.56 Å². The molecule has 0 heterocycles. The van der Waals surface area contributed by atoms with Crippen LogP contribution in [0, 0.1) is 0 Å². The molecular formula is C20H25ClN4O. The highest BCUT2D eigenvalue weighted by Crippen LogP contribution is 2.11. The first-order valence-electron chi connectivity index (χ1n) is 8.50. The van der Waals surface area contributed by atoms with Gasteiger partial charge in [0.25, 0.3) is 5.91 Å². The van der Waals surface area contributed by atoms with E-state index in [9.17, 15) is 4.79 Å². The summed E-state index contributed by atoms with van der Waals surface area (Å²) >= 11 is 5.93. The van der Waals surface area contributed by atoms with Crippen LogP contribution in [-0.4, -0.2) is 44.5 Å². The fourth-order valence-electron chi connectivity index (χ4n) is 2.65. The number of carbonyl (C=O) groups excluding carboxylic acids is 1. The van der Waals surface area contributed by atoms with Crippen molar-refractivity contribution in [2.75, 3.05) is 27.7 Å². The molecule has 2 aromatic carbocycles. The van der Waals surface area contributed by atoms with Crippen LogP contribution in [0.4, 0.5) is 0 Å². The minimum absolute atomic E-state index is 0.0710. The first-order valence-corrected chi connectivity index (χ1v) is 8.88. The van der Waals surface area contributed by atoms with E-state index in [1.54, 1.807) is 14.1 Å². The molecule has 2 N–H and O–H groups in total. The Morgan fingerprint density at radius 1 is 1.15 bits per heavy atom. The largest absolute Gasteiger partial charge is 0.356 e. The number of aliphatic imine (C=N–C) groups is 1. The number of carbonyl (C=O) groups is 1. The predicted octanol–water partition coefficient (Wildman–Crippen LogP) is 2.95. The number of nitrogens with zero attached hydrogens (tertiary/aromatic N) is 2. The Morgan fingerprint density at radius 2 is 1.88 bits per heavy atom. The Morgan fingerprint density at radius 3 is 2.54 bits per heavy atom. The van der Waals surface area contributed by atoms with Gasteiger partial charge in [0.15, 0.2) is 5.96 Å². The van der Waals surface area contributed by atoms with Gasteiger partial charge in [-0.2, -0.15) is 0 Å². The standard InChI is InChI=1S/C20H25ClN4O/c1-22-19(26)17-6-4-5-15(13-17)11-12-24-20(23-2)25(3)14-16-7-9-18(21)10-8-16/h4-10,13H,11-12,14H2,1-3H3,(H,22,26)(H,23,24). The smallest absolute Gasteiger partial charge is 0.251 e. The molecule has 1 amide bonds. The van der Waals surface area contributed by atoms with Crippen LogP contribution >= 0.6 is 11.6 Å². The summed E-state index contributed by atoms with van der Waals surface area (Å²) in [5, 5.41) is 6.74. The van der Waals surface area contributed by atoms with Crippen molar-refractivity contribution in [2.45, 2.75) is 13.0 Å². The van der Waals surface area contributed by atoms with Crippen LogP contribution in [-0.2, 0) is 13.0 Å². The molecule has 2 rings (SSSR count). The second-order valence-corrected chi connectivity index (χ2v) is 6.42. The molecule has 0 aromatic heterocycles. The molecule has 0 spiro atoms. The third-order valence-electron chi connectivity index (χ3n) is 4.02. The van der Waals surface area contributed by atoms with Gasteiger partial charge in [0.05, 0.1) is 0 Å². The van der Waals surface area contributed by atoms with Crippen molar-refractivity contribution in [3.63, 3.8) is 0 Å². The molecule has 0 unspecified atom stereocenters. The second kappa shape index (κ2) is 9.82. The van der Waals surface area contributed by atoms with E-state index in [1.807, 2.05) is 55.6 Å². The quantitative estimate of drug-likeness (QED) is 0.605. The monoisotopic (exact) mass is 372 g/mol. The van der Waals surface area contributed by atoms with Gasteiger partial charge in [0.1, 0.15) is 0 Å². The summed E-state index contributed by atoms with van der Waals surface area (Å²) in [5.41, 5.74) is 2.95. The fourth-order valence-corrected chi connectivity index (χ4v) is 2.78. The Hall–Kier alpha value is -2.53. The average Bonchev–Trinajstić information content (AvgIpc) is 2.66. The minimum Gasteiger partial charge on any atom is -0.356 e. The molecule has 0 radical (unpaired) electrons. The van der Waals surface area contributed by atoms with Gasteiger partial charge in [0.2, 0.25) is 0 Å². The van der Waals surface area contributed by atoms with Crippen LogP contribution in [0.1, 0.15) is 21.5 Å². The summed E-state index contributed by atoms with van der Waals surface area (Å²) < 4.78 is 0. The van der Waals surface area contributed by atoms with E-state index >= 15 is 0 Å². The zero-order chi connectivity index (χ0) is 18.9. The van der Waals surface area contributed by atoms with Gasteiger partial charge in [-0.1, -0.05) is 35.9 Å². The number of hydrogen-bond acceptors (Lipinski definition) is 2. The topological polar surface area (TPSA) is 56.7 Å². The molecule has 0 saturated carbocycles. The molecule has 0 aliphatic heterocycles. The SMILES string of the molecule is CN=C(NCCc1cccc(C(=O)NC)c1)N(C)Cc1ccc(Cl)cc1. The Kier molecular flexibility index (Phi) is 7.48. The van der Waals surface area contributed by atoms with Crippen molar-refractivity contribution in [3.05, 3.63) is 70.2 Å². The molecule has 26 heavy (non-hydrogen) atoms. The number of amides is 1. The van der Waals surface area contributed by atoms with Gasteiger partial charge >= 0.3 is 0 Å². The Balaban J connectivity index is 1.88. The maximum atomic E-state index is 11.7. The molecule has 0 bridgehead atoms. The first-order chi connectivity index (χ1) is 12.5. The lowest BCUT2D eigenvalue weighted by Crippen LogP contribution is -2.39. The Labute approximate surface area is 160 Å². The number of hydrogen-bond donors (Lipinski definition) is 2. The van der Waals surface area contributed by atoms with Gasteiger partial charge in [-0.25, -0.2) is 0 Å². The van der Waals surface area contributed by atoms with E-state index in [2.05, 4.69) is 20.5 Å². The molecular weight excluding hydrogens is 348 g/mol. The maximum Gasteiger partial charge on any atom is 0.251 e. The lowest BCUT2D eigenvalue weighted by Gasteiger charge is -2.22. The zero-order valence-corrected chi connectivity index (χ0v) is 16.2. The average molecular weight is 373 g/mol. The van der Waals surface area contributed by atoms with Crippen molar-refractivity contribution in [3.8, 4) is 0 Å². The predicted molar refractivity (Wildman–Crippen MR) is 108 cm³/mol. The van der Waals surface area contributed by atoms with Crippen LogP contribution in [0.5, 0.6) is 0 Å². The summed E-state index contributed by atoms with van der Waals surface area (Å²) in [6.07, 6.45) is 0.804. The van der Waals surface area contributed by atoms with Gasteiger partial charge in [-0.15, -0.1) is 0 Å². The van der Waals surface area contributed by atoms with Gasteiger partial charge in [0, 0.05) is 44.8 Å². The lowest BCUT2D eigenvalue weighted by molar-refractivity contribution is 0.0963. The van der Waals surface area contributed by atoms with Crippen molar-refractivity contribution in [1.82, 2.24) is 15.5 Å². The molecule has 0 aliphatic carbocycles. The number of benzene rings is 2. The number of halogens is 1. The summed E-state index contributed by atoms with van der Waals surface area (Å²) in [6.45, 7) is 1.47. The van der Waals surface area contributed by atoms with Crippen LogP contribution in [0.2, 0.25) is 5.02 Å². The summed E-state index contributed by atoms with van der Waals surface area (Å²) in [4.78, 5) is 18.1. The van der Waals surface area contributed by atoms with E-state index in [-0.39, 0.29) is 5.91 Å². The van der Waals surface area contributed by atoms with Crippen molar-refractivity contribution >= 4 is 23.5 Å². The van der Waals surface area contributed by atoms with Crippen molar-refractivity contribution in [2.24, 2.45) is 4.99 Å². The van der Waals surface area contributed by atoms with Crippen LogP contribution < -0.4 is 10.6 Å². The number of nitrogens with one attached hydrogen (secondary N) is 2.